The molecule has 34 heavy (non-hydrogen) atoms. The Labute approximate surface area is 208 Å². The SMILES string of the molecule is O=C1NCC2(CCN(Cc3cnc(-c4cc5cccc(N[S+]([O-])C6=CCCS6)c5[nH]4)s3)CC2)O1. The number of fused-ring (bicyclic) bond motifs is 1. The molecular weight excluding hydrogens is 490 g/mol. The summed E-state index contributed by atoms with van der Waals surface area (Å²) < 4.78 is 22.3. The lowest BCUT2D eigenvalue weighted by molar-refractivity contribution is -0.000802. The zero-order chi connectivity index (χ0) is 23.1. The van der Waals surface area contributed by atoms with Crippen LogP contribution >= 0.6 is 23.1 Å². The highest BCUT2D eigenvalue weighted by Gasteiger charge is 2.42. The number of benzene rings is 1. The summed E-state index contributed by atoms with van der Waals surface area (Å²) in [5.41, 5.74) is 2.41. The Kier molecular flexibility index (Phi) is 5.98. The first kappa shape index (κ1) is 22.3. The van der Waals surface area contributed by atoms with E-state index in [9.17, 15) is 9.35 Å². The zero-order valence-electron chi connectivity index (χ0n) is 18.5. The number of aromatic nitrogens is 2. The van der Waals surface area contributed by atoms with E-state index < -0.39 is 11.4 Å². The first-order chi connectivity index (χ1) is 16.6. The van der Waals surface area contributed by atoms with Gasteiger partial charge in [-0.3, -0.25) is 4.90 Å². The number of nitrogens with one attached hydrogen (secondary N) is 3. The van der Waals surface area contributed by atoms with E-state index in [-0.39, 0.29) is 11.7 Å². The van der Waals surface area contributed by atoms with Crippen molar-refractivity contribution in [2.24, 2.45) is 0 Å². The maximum Gasteiger partial charge on any atom is 0.407 e. The van der Waals surface area contributed by atoms with Gasteiger partial charge >= 0.3 is 6.09 Å². The Balaban J connectivity index is 1.14. The molecule has 3 aromatic rings. The third-order valence-corrected chi connectivity index (χ3v) is 10.2. The second-order valence-corrected chi connectivity index (χ2v) is 12.5. The van der Waals surface area contributed by atoms with Crippen molar-refractivity contribution in [1.82, 2.24) is 20.2 Å². The molecule has 8 nitrogen and oxygen atoms in total. The van der Waals surface area contributed by atoms with Gasteiger partial charge in [0.1, 0.15) is 27.7 Å². The molecule has 5 heterocycles. The smallest absolute Gasteiger partial charge is 0.407 e. The maximum absolute atomic E-state index is 12.7. The van der Waals surface area contributed by atoms with Gasteiger partial charge in [0.25, 0.3) is 0 Å². The van der Waals surface area contributed by atoms with Crippen LogP contribution in [0.4, 0.5) is 10.5 Å². The fourth-order valence-electron chi connectivity index (χ4n) is 4.66. The van der Waals surface area contributed by atoms with Crippen LogP contribution in [0.1, 0.15) is 24.1 Å². The van der Waals surface area contributed by atoms with E-state index in [1.165, 1.54) is 4.88 Å². The van der Waals surface area contributed by atoms with Gasteiger partial charge in [0, 0.05) is 54.7 Å². The predicted molar refractivity (Wildman–Crippen MR) is 138 cm³/mol. The number of amides is 1. The van der Waals surface area contributed by atoms with E-state index >= 15 is 0 Å². The number of para-hydroxylation sites is 1. The zero-order valence-corrected chi connectivity index (χ0v) is 20.9. The van der Waals surface area contributed by atoms with E-state index in [1.54, 1.807) is 23.1 Å². The summed E-state index contributed by atoms with van der Waals surface area (Å²) in [4.78, 5) is 23.2. The second kappa shape index (κ2) is 9.12. The molecule has 0 radical (unpaired) electrons. The minimum atomic E-state index is -1.24. The molecule has 1 aromatic carbocycles. The number of likely N-dealkylation sites (tertiary alicyclic amines) is 1. The molecule has 1 atom stereocenters. The van der Waals surface area contributed by atoms with E-state index in [0.717, 1.165) is 76.2 Å². The van der Waals surface area contributed by atoms with Gasteiger partial charge in [-0.2, -0.15) is 0 Å². The lowest BCUT2D eigenvalue weighted by atomic mass is 9.92. The van der Waals surface area contributed by atoms with Crippen LogP contribution < -0.4 is 10.0 Å². The molecule has 3 N–H and O–H groups in total. The number of rotatable bonds is 6. The van der Waals surface area contributed by atoms with Gasteiger partial charge in [-0.25, -0.2) is 14.5 Å². The predicted octanol–water partition coefficient (Wildman–Crippen LogP) is 4.42. The van der Waals surface area contributed by atoms with Gasteiger partial charge < -0.3 is 19.6 Å². The summed E-state index contributed by atoms with van der Waals surface area (Å²) >= 11 is 2.10. The number of nitrogens with zero attached hydrogens (tertiary/aromatic N) is 2. The van der Waals surface area contributed by atoms with Crippen molar-refractivity contribution >= 4 is 57.1 Å². The molecule has 1 spiro atoms. The van der Waals surface area contributed by atoms with Crippen LogP contribution in [-0.4, -0.2) is 56.5 Å². The topological polar surface area (TPSA) is 105 Å². The Morgan fingerprint density at radius 1 is 1.32 bits per heavy atom. The van der Waals surface area contributed by atoms with Crippen LogP contribution in [0.2, 0.25) is 0 Å². The summed E-state index contributed by atoms with van der Waals surface area (Å²) in [6.45, 7) is 3.25. The summed E-state index contributed by atoms with van der Waals surface area (Å²) in [5.74, 6) is 0.995. The molecule has 11 heteroatoms. The average molecular weight is 516 g/mol. The number of carbonyl (C=O) groups excluding carboxylic acids is 1. The number of piperidine rings is 1. The van der Waals surface area contributed by atoms with E-state index in [2.05, 4.69) is 37.0 Å². The van der Waals surface area contributed by atoms with Crippen molar-refractivity contribution in [3.63, 3.8) is 0 Å². The first-order valence-electron chi connectivity index (χ1n) is 11.3. The van der Waals surface area contributed by atoms with Crippen LogP contribution in [0, 0.1) is 0 Å². The standard InChI is InChI=1S/C23H25N5O3S3/c29-22-25-14-23(31-22)6-8-28(9-7-23)13-16-12-24-21(33-16)18-11-15-3-1-4-17(20(15)26-18)27-34(30)19-5-2-10-32-19/h1,3-5,11-12,26-27H,2,6-10,13-14H2,(H,25,29). The number of thioether (sulfide) groups is 1. The number of ether oxygens (including phenoxy) is 1. The average Bonchev–Trinajstić information content (AvgIpc) is 3.63. The number of hydrogen-bond acceptors (Lipinski definition) is 8. The molecule has 178 valence electrons. The van der Waals surface area contributed by atoms with Crippen molar-refractivity contribution in [3.05, 3.63) is 45.7 Å². The normalized spacial score (nSPS) is 21.0. The molecule has 1 unspecified atom stereocenters. The number of aromatic amines is 1. The lowest BCUT2D eigenvalue weighted by Crippen LogP contribution is -2.46. The molecule has 3 aliphatic rings. The van der Waals surface area contributed by atoms with Crippen LogP contribution in [0.3, 0.4) is 0 Å². The van der Waals surface area contributed by atoms with Crippen LogP contribution in [-0.2, 0) is 22.6 Å². The Morgan fingerprint density at radius 2 is 2.21 bits per heavy atom. The molecule has 2 aromatic heterocycles. The van der Waals surface area contributed by atoms with Crippen molar-refractivity contribution in [1.29, 1.82) is 0 Å². The van der Waals surface area contributed by atoms with Gasteiger partial charge in [-0.15, -0.1) is 11.3 Å². The van der Waals surface area contributed by atoms with E-state index in [0.29, 0.717) is 6.54 Å². The highest BCUT2D eigenvalue weighted by Crippen LogP contribution is 2.35. The molecule has 6 rings (SSSR count). The summed E-state index contributed by atoms with van der Waals surface area (Å²) in [7, 11) is 0. The van der Waals surface area contributed by atoms with Gasteiger partial charge in [0.05, 0.1) is 17.8 Å². The number of allylic oxidation sites excluding steroid dienone is 1. The highest BCUT2D eigenvalue weighted by atomic mass is 32.3. The number of H-pyrrole nitrogens is 1. The Hall–Kier alpha value is -2.18. The second-order valence-electron chi connectivity index (χ2n) is 8.82. The molecular formula is C23H25N5O3S3. The summed E-state index contributed by atoms with van der Waals surface area (Å²) in [6, 6.07) is 8.08. The third kappa shape index (κ3) is 4.42. The van der Waals surface area contributed by atoms with Crippen molar-refractivity contribution < 1.29 is 14.1 Å². The van der Waals surface area contributed by atoms with Crippen molar-refractivity contribution in [2.45, 2.75) is 31.4 Å². The molecule has 1 amide bonds. The minimum Gasteiger partial charge on any atom is -0.587 e. The van der Waals surface area contributed by atoms with E-state index in [1.807, 2.05) is 24.4 Å². The number of thiazole rings is 1. The van der Waals surface area contributed by atoms with E-state index in [4.69, 9.17) is 4.74 Å². The molecule has 0 saturated carbocycles. The quantitative estimate of drug-likeness (QED) is 0.417. The van der Waals surface area contributed by atoms with Gasteiger partial charge in [-0.1, -0.05) is 23.9 Å². The molecule has 0 bridgehead atoms. The lowest BCUT2D eigenvalue weighted by Gasteiger charge is -2.36. The van der Waals surface area contributed by atoms with Crippen LogP contribution in [0.25, 0.3) is 21.6 Å². The number of alkyl carbamates (subject to hydrolysis) is 1. The minimum absolute atomic E-state index is 0.294. The maximum atomic E-state index is 12.7. The van der Waals surface area contributed by atoms with Gasteiger partial charge in [0.2, 0.25) is 4.24 Å². The summed E-state index contributed by atoms with van der Waals surface area (Å²) in [5, 5.41) is 4.79. The number of carbonyl (C=O) groups is 1. The Morgan fingerprint density at radius 3 is 2.97 bits per heavy atom. The monoisotopic (exact) mass is 515 g/mol. The van der Waals surface area contributed by atoms with Crippen molar-refractivity contribution in [2.75, 3.05) is 30.1 Å². The Bertz CT molecular complexity index is 1250. The first-order valence-corrected chi connectivity index (χ1v) is 14.3. The largest absolute Gasteiger partial charge is 0.587 e. The van der Waals surface area contributed by atoms with Crippen LogP contribution in [0.15, 0.2) is 40.8 Å². The van der Waals surface area contributed by atoms with Gasteiger partial charge in [-0.05, 0) is 24.6 Å². The molecule has 2 fully saturated rings. The molecule has 2 saturated heterocycles. The third-order valence-electron chi connectivity index (χ3n) is 6.51. The van der Waals surface area contributed by atoms with Crippen LogP contribution in [0.5, 0.6) is 0 Å². The van der Waals surface area contributed by atoms with Crippen molar-refractivity contribution in [3.8, 4) is 10.7 Å². The summed E-state index contributed by atoms with van der Waals surface area (Å²) in [6.07, 6.45) is 6.38. The fraction of sp³-hybridized carbons (Fsp3) is 0.391. The number of anilines is 1. The van der Waals surface area contributed by atoms with Gasteiger partial charge in [0.15, 0.2) is 0 Å². The molecule has 3 aliphatic heterocycles. The highest BCUT2D eigenvalue weighted by molar-refractivity contribution is 8.19. The molecule has 0 aliphatic carbocycles. The number of hydrogen-bond donors (Lipinski definition) is 3. The fourth-order valence-corrected chi connectivity index (χ4v) is 7.80.